The molecule has 0 bridgehead atoms. The highest BCUT2D eigenvalue weighted by Crippen LogP contribution is 2.20. The van der Waals surface area contributed by atoms with Crippen LogP contribution in [0, 0.1) is 11.2 Å². The molecule has 0 spiro atoms. The summed E-state index contributed by atoms with van der Waals surface area (Å²) in [5.41, 5.74) is 0.220. The van der Waals surface area contributed by atoms with Gasteiger partial charge in [0.05, 0.1) is 5.41 Å². The molecule has 3 nitrogen and oxygen atoms in total. The molecule has 0 fully saturated rings. The molecule has 2 N–H and O–H groups in total. The van der Waals surface area contributed by atoms with Crippen LogP contribution in [0.4, 0.5) is 4.39 Å². The Balaban J connectivity index is 2.41. The lowest BCUT2D eigenvalue weighted by Crippen LogP contribution is -2.28. The van der Waals surface area contributed by atoms with Crippen LogP contribution in [0.15, 0.2) is 22.7 Å². The van der Waals surface area contributed by atoms with Gasteiger partial charge < -0.3 is 10.4 Å². The number of hydrogen-bond acceptors (Lipinski definition) is 2. The smallest absolute Gasteiger partial charge is 0.309 e. The first-order valence-corrected chi connectivity index (χ1v) is 6.50. The summed E-state index contributed by atoms with van der Waals surface area (Å²) in [5.74, 6) is -1.08. The number of rotatable bonds is 6. The Labute approximate surface area is 115 Å². The Morgan fingerprint density at radius 1 is 1.50 bits per heavy atom. The van der Waals surface area contributed by atoms with Crippen molar-refractivity contribution in [1.82, 2.24) is 5.32 Å². The molecule has 100 valence electrons. The number of carboxylic acids is 1. The normalized spacial score (nSPS) is 11.6. The van der Waals surface area contributed by atoms with Crippen molar-refractivity contribution in [2.45, 2.75) is 26.8 Å². The second-order valence-corrected chi connectivity index (χ2v) is 5.71. The first-order chi connectivity index (χ1) is 8.33. The molecule has 0 aliphatic rings. The van der Waals surface area contributed by atoms with Crippen LogP contribution >= 0.6 is 15.9 Å². The Bertz CT molecular complexity index is 435. The minimum absolute atomic E-state index is 0.280. The molecule has 0 atom stereocenters. The van der Waals surface area contributed by atoms with Crippen molar-refractivity contribution in [3.63, 3.8) is 0 Å². The van der Waals surface area contributed by atoms with Gasteiger partial charge in [0.15, 0.2) is 0 Å². The van der Waals surface area contributed by atoms with Gasteiger partial charge in [-0.2, -0.15) is 0 Å². The molecule has 0 amide bonds. The van der Waals surface area contributed by atoms with Crippen molar-refractivity contribution in [1.29, 1.82) is 0 Å². The van der Waals surface area contributed by atoms with E-state index in [1.54, 1.807) is 19.9 Å². The minimum Gasteiger partial charge on any atom is -0.481 e. The average molecular weight is 318 g/mol. The van der Waals surface area contributed by atoms with E-state index in [0.717, 1.165) is 5.56 Å². The van der Waals surface area contributed by atoms with Gasteiger partial charge in [0.2, 0.25) is 0 Å². The predicted molar refractivity (Wildman–Crippen MR) is 71.8 cm³/mol. The Hall–Kier alpha value is -0.940. The fourth-order valence-corrected chi connectivity index (χ4v) is 1.89. The van der Waals surface area contributed by atoms with Gasteiger partial charge >= 0.3 is 5.97 Å². The van der Waals surface area contributed by atoms with Crippen LogP contribution in [0.1, 0.15) is 25.8 Å². The van der Waals surface area contributed by atoms with Crippen LogP contribution in [-0.4, -0.2) is 17.6 Å². The molecule has 0 aliphatic carbocycles. The second kappa shape index (κ2) is 6.29. The second-order valence-electron chi connectivity index (χ2n) is 4.85. The maximum absolute atomic E-state index is 12.9. The van der Waals surface area contributed by atoms with Crippen molar-refractivity contribution in [2.24, 2.45) is 5.41 Å². The van der Waals surface area contributed by atoms with Crippen LogP contribution in [0.3, 0.4) is 0 Å². The molecule has 1 rings (SSSR count). The fraction of sp³-hybridized carbons (Fsp3) is 0.462. The molecule has 0 aliphatic heterocycles. The number of halogens is 2. The first kappa shape index (κ1) is 15.1. The summed E-state index contributed by atoms with van der Waals surface area (Å²) >= 11 is 3.29. The van der Waals surface area contributed by atoms with E-state index in [1.165, 1.54) is 12.1 Å². The van der Waals surface area contributed by atoms with Crippen LogP contribution in [0.5, 0.6) is 0 Å². The van der Waals surface area contributed by atoms with E-state index >= 15 is 0 Å². The summed E-state index contributed by atoms with van der Waals surface area (Å²) in [5, 5.41) is 12.1. The van der Waals surface area contributed by atoms with Gasteiger partial charge in [-0.25, -0.2) is 4.39 Å². The van der Waals surface area contributed by atoms with E-state index < -0.39 is 11.4 Å². The summed E-state index contributed by atoms with van der Waals surface area (Å²) in [6.45, 7) is 4.58. The van der Waals surface area contributed by atoms with Crippen molar-refractivity contribution in [3.8, 4) is 0 Å². The molecule has 18 heavy (non-hydrogen) atoms. The van der Waals surface area contributed by atoms with Crippen LogP contribution in [0.25, 0.3) is 0 Å². The standard InChI is InChI=1S/C13H17BrFNO2/c1-13(2,12(17)18)5-6-16-8-9-3-4-10(15)7-11(9)14/h3-4,7,16H,5-6,8H2,1-2H3,(H,17,18). The van der Waals surface area contributed by atoms with E-state index in [0.29, 0.717) is 24.0 Å². The minimum atomic E-state index is -0.799. The zero-order valence-electron chi connectivity index (χ0n) is 10.5. The lowest BCUT2D eigenvalue weighted by atomic mass is 9.90. The Morgan fingerprint density at radius 3 is 2.72 bits per heavy atom. The quantitative estimate of drug-likeness (QED) is 0.792. The lowest BCUT2D eigenvalue weighted by molar-refractivity contribution is -0.147. The molecule has 0 saturated carbocycles. The summed E-state index contributed by atoms with van der Waals surface area (Å²) in [4.78, 5) is 10.9. The lowest BCUT2D eigenvalue weighted by Gasteiger charge is -2.19. The van der Waals surface area contributed by atoms with Crippen LogP contribution in [-0.2, 0) is 11.3 Å². The van der Waals surface area contributed by atoms with Crippen LogP contribution < -0.4 is 5.32 Å². The van der Waals surface area contributed by atoms with Gasteiger partial charge in [-0.05, 0) is 44.5 Å². The average Bonchev–Trinajstić information content (AvgIpc) is 2.26. The molecule has 5 heteroatoms. The highest BCUT2D eigenvalue weighted by Gasteiger charge is 2.26. The van der Waals surface area contributed by atoms with E-state index in [9.17, 15) is 9.18 Å². The highest BCUT2D eigenvalue weighted by atomic mass is 79.9. The molecule has 0 aromatic heterocycles. The maximum atomic E-state index is 12.9. The number of carboxylic acid groups (broad SMARTS) is 1. The molecule has 0 saturated heterocycles. The third-order valence-electron chi connectivity index (χ3n) is 2.84. The molecule has 0 unspecified atom stereocenters. The number of nitrogens with one attached hydrogen (secondary N) is 1. The number of hydrogen-bond donors (Lipinski definition) is 2. The van der Waals surface area contributed by atoms with Gasteiger partial charge in [-0.3, -0.25) is 4.79 Å². The van der Waals surface area contributed by atoms with Crippen molar-refractivity contribution in [2.75, 3.05) is 6.54 Å². The van der Waals surface area contributed by atoms with Gasteiger partial charge in [0, 0.05) is 11.0 Å². The number of aliphatic carboxylic acids is 1. The fourth-order valence-electron chi connectivity index (χ4n) is 1.40. The van der Waals surface area contributed by atoms with Crippen LogP contribution in [0.2, 0.25) is 0 Å². The predicted octanol–water partition coefficient (Wildman–Crippen LogP) is 3.18. The van der Waals surface area contributed by atoms with Crippen molar-refractivity contribution < 1.29 is 14.3 Å². The maximum Gasteiger partial charge on any atom is 0.309 e. The largest absolute Gasteiger partial charge is 0.481 e. The molecule has 0 heterocycles. The molecule has 0 radical (unpaired) electrons. The van der Waals surface area contributed by atoms with Gasteiger partial charge in [-0.1, -0.05) is 22.0 Å². The third kappa shape index (κ3) is 4.38. The Kier molecular flexibility index (Phi) is 5.28. The number of carbonyl (C=O) groups is 1. The molecular weight excluding hydrogens is 301 g/mol. The van der Waals surface area contributed by atoms with Gasteiger partial charge in [0.1, 0.15) is 5.82 Å². The van der Waals surface area contributed by atoms with Gasteiger partial charge in [0.25, 0.3) is 0 Å². The van der Waals surface area contributed by atoms with E-state index in [-0.39, 0.29) is 5.82 Å². The summed E-state index contributed by atoms with van der Waals surface area (Å²) in [7, 11) is 0. The third-order valence-corrected chi connectivity index (χ3v) is 3.57. The zero-order valence-corrected chi connectivity index (χ0v) is 12.1. The summed E-state index contributed by atoms with van der Waals surface area (Å²) in [6.07, 6.45) is 0.543. The molecule has 1 aromatic rings. The molecular formula is C13H17BrFNO2. The zero-order chi connectivity index (χ0) is 13.8. The topological polar surface area (TPSA) is 49.3 Å². The van der Waals surface area contributed by atoms with Crippen molar-refractivity contribution in [3.05, 3.63) is 34.1 Å². The SMILES string of the molecule is CC(C)(CCNCc1ccc(F)cc1Br)C(=O)O. The van der Waals surface area contributed by atoms with Crippen molar-refractivity contribution >= 4 is 21.9 Å². The van der Waals surface area contributed by atoms with E-state index in [1.807, 2.05) is 0 Å². The Morgan fingerprint density at radius 2 is 2.17 bits per heavy atom. The van der Waals surface area contributed by atoms with E-state index in [2.05, 4.69) is 21.2 Å². The van der Waals surface area contributed by atoms with E-state index in [4.69, 9.17) is 5.11 Å². The highest BCUT2D eigenvalue weighted by molar-refractivity contribution is 9.10. The first-order valence-electron chi connectivity index (χ1n) is 5.71. The molecule has 1 aromatic carbocycles. The number of benzene rings is 1. The monoisotopic (exact) mass is 317 g/mol. The summed E-state index contributed by atoms with van der Waals surface area (Å²) < 4.78 is 13.6. The van der Waals surface area contributed by atoms with Gasteiger partial charge in [-0.15, -0.1) is 0 Å². The summed E-state index contributed by atoms with van der Waals surface area (Å²) in [6, 6.07) is 4.52.